The molecule has 19 heavy (non-hydrogen) atoms. The van der Waals surface area contributed by atoms with Gasteiger partial charge in [-0.2, -0.15) is 0 Å². The number of ether oxygens (including phenoxy) is 2. The van der Waals surface area contributed by atoms with Gasteiger partial charge in [-0.25, -0.2) is 0 Å². The summed E-state index contributed by atoms with van der Waals surface area (Å²) in [7, 11) is 0. The molecule has 4 nitrogen and oxygen atoms in total. The van der Waals surface area contributed by atoms with Crippen molar-refractivity contribution in [1.29, 1.82) is 0 Å². The first-order valence-corrected chi connectivity index (χ1v) is 6.76. The molecule has 0 radical (unpaired) electrons. The summed E-state index contributed by atoms with van der Waals surface area (Å²) >= 11 is 0. The Kier molecular flexibility index (Phi) is 3.78. The first kappa shape index (κ1) is 13.8. The second-order valence-corrected chi connectivity index (χ2v) is 5.10. The van der Waals surface area contributed by atoms with E-state index < -0.39 is 17.4 Å². The van der Waals surface area contributed by atoms with E-state index in [4.69, 9.17) is 9.47 Å². The van der Waals surface area contributed by atoms with Gasteiger partial charge in [0.15, 0.2) is 5.41 Å². The van der Waals surface area contributed by atoms with Crippen LogP contribution in [0.1, 0.15) is 33.1 Å². The Morgan fingerprint density at radius 2 is 1.89 bits per heavy atom. The Labute approximate surface area is 113 Å². The van der Waals surface area contributed by atoms with Crippen LogP contribution in [0.4, 0.5) is 0 Å². The van der Waals surface area contributed by atoms with Gasteiger partial charge in [0.2, 0.25) is 0 Å². The van der Waals surface area contributed by atoms with E-state index in [1.54, 1.807) is 13.8 Å². The van der Waals surface area contributed by atoms with Gasteiger partial charge in [-0.15, -0.1) is 0 Å². The fourth-order valence-electron chi connectivity index (χ4n) is 2.98. The number of carbonyl (C=O) groups is 2. The van der Waals surface area contributed by atoms with Crippen molar-refractivity contribution in [2.45, 2.75) is 33.1 Å². The van der Waals surface area contributed by atoms with Crippen LogP contribution in [0, 0.1) is 11.3 Å². The number of fused-ring (bicyclic) bond motifs is 1. The molecule has 0 aliphatic heterocycles. The molecule has 1 atom stereocenters. The maximum Gasteiger partial charge on any atom is 0.323 e. The van der Waals surface area contributed by atoms with Crippen molar-refractivity contribution in [2.24, 2.45) is 11.3 Å². The van der Waals surface area contributed by atoms with E-state index in [0.717, 1.165) is 17.6 Å². The molecule has 0 aromatic carbocycles. The molecule has 104 valence electrons. The van der Waals surface area contributed by atoms with E-state index in [1.165, 1.54) is 0 Å². The van der Waals surface area contributed by atoms with Gasteiger partial charge in [-0.1, -0.05) is 23.8 Å². The molecule has 0 aromatic rings. The smallest absolute Gasteiger partial charge is 0.323 e. The topological polar surface area (TPSA) is 52.6 Å². The van der Waals surface area contributed by atoms with Gasteiger partial charge in [0.1, 0.15) is 0 Å². The van der Waals surface area contributed by atoms with Gasteiger partial charge in [0, 0.05) is 5.92 Å². The lowest BCUT2D eigenvalue weighted by Gasteiger charge is -2.24. The molecule has 0 aromatic heterocycles. The zero-order valence-corrected chi connectivity index (χ0v) is 11.5. The van der Waals surface area contributed by atoms with Crippen molar-refractivity contribution < 1.29 is 19.1 Å². The maximum atomic E-state index is 12.2. The van der Waals surface area contributed by atoms with Crippen molar-refractivity contribution >= 4 is 11.9 Å². The molecular weight excluding hydrogens is 244 g/mol. The minimum Gasteiger partial charge on any atom is -0.465 e. The zero-order chi connectivity index (χ0) is 14.0. The van der Waals surface area contributed by atoms with Crippen LogP contribution in [0.2, 0.25) is 0 Å². The molecule has 0 N–H and O–H groups in total. The number of esters is 2. The van der Waals surface area contributed by atoms with Crippen molar-refractivity contribution in [3.05, 3.63) is 23.8 Å². The summed E-state index contributed by atoms with van der Waals surface area (Å²) < 4.78 is 10.2. The average molecular weight is 264 g/mol. The molecule has 2 aliphatic rings. The van der Waals surface area contributed by atoms with Gasteiger partial charge in [0.25, 0.3) is 0 Å². The lowest BCUT2D eigenvalue weighted by atomic mass is 9.83. The Morgan fingerprint density at radius 1 is 1.32 bits per heavy atom. The molecular formula is C15H20O4. The highest BCUT2D eigenvalue weighted by Gasteiger charge is 2.56. The Balaban J connectivity index is 2.29. The number of hydrogen-bond donors (Lipinski definition) is 0. The van der Waals surface area contributed by atoms with E-state index in [9.17, 15) is 9.59 Å². The van der Waals surface area contributed by atoms with E-state index in [1.807, 2.05) is 0 Å². The molecule has 1 fully saturated rings. The lowest BCUT2D eigenvalue weighted by Crippen LogP contribution is -2.40. The molecule has 4 heteroatoms. The third kappa shape index (κ3) is 2.20. The summed E-state index contributed by atoms with van der Waals surface area (Å²) in [6, 6.07) is 0. The van der Waals surface area contributed by atoms with Gasteiger partial charge in [-0.05, 0) is 33.1 Å². The highest BCUT2D eigenvalue weighted by atomic mass is 16.6. The Bertz CT molecular complexity index is 429. The van der Waals surface area contributed by atoms with E-state index >= 15 is 0 Å². The summed E-state index contributed by atoms with van der Waals surface area (Å²) in [5, 5.41) is 0. The Hall–Kier alpha value is -1.58. The normalized spacial score (nSPS) is 23.8. The summed E-state index contributed by atoms with van der Waals surface area (Å²) in [4.78, 5) is 24.5. The minimum absolute atomic E-state index is 0.133. The third-order valence-corrected chi connectivity index (χ3v) is 3.96. The van der Waals surface area contributed by atoms with Gasteiger partial charge in [-0.3, -0.25) is 9.59 Å². The minimum atomic E-state index is -1.16. The second kappa shape index (κ2) is 5.19. The molecule has 0 amide bonds. The van der Waals surface area contributed by atoms with Crippen LogP contribution in [-0.2, 0) is 19.1 Å². The zero-order valence-electron chi connectivity index (χ0n) is 11.5. The van der Waals surface area contributed by atoms with Gasteiger partial charge in [0.05, 0.1) is 13.2 Å². The number of rotatable bonds is 4. The van der Waals surface area contributed by atoms with Gasteiger partial charge < -0.3 is 9.47 Å². The number of carbonyl (C=O) groups excluding carboxylic acids is 2. The van der Waals surface area contributed by atoms with Gasteiger partial charge >= 0.3 is 11.9 Å². The standard InChI is InChI=1S/C15H20O4/c1-4-18-13(16)15(14(17)19-5-2)8-11-7-6-10(3)12(11)9-15/h7,12H,3-6,8-9H2,1-2H3. The molecule has 1 unspecified atom stereocenters. The largest absolute Gasteiger partial charge is 0.465 e. The first-order valence-electron chi connectivity index (χ1n) is 6.76. The summed E-state index contributed by atoms with van der Waals surface area (Å²) in [6.45, 7) is 8.04. The van der Waals surface area contributed by atoms with E-state index in [0.29, 0.717) is 12.8 Å². The Morgan fingerprint density at radius 3 is 2.37 bits per heavy atom. The highest BCUT2D eigenvalue weighted by Crippen LogP contribution is 2.53. The highest BCUT2D eigenvalue weighted by molar-refractivity contribution is 6.01. The predicted molar refractivity (Wildman–Crippen MR) is 70.3 cm³/mol. The van der Waals surface area contributed by atoms with E-state index in [2.05, 4.69) is 12.7 Å². The molecule has 0 heterocycles. The summed E-state index contributed by atoms with van der Waals surface area (Å²) in [6.07, 6.45) is 3.78. The summed E-state index contributed by atoms with van der Waals surface area (Å²) in [5.74, 6) is -0.790. The average Bonchev–Trinajstić information content (AvgIpc) is 2.91. The summed E-state index contributed by atoms with van der Waals surface area (Å²) in [5.41, 5.74) is 1.04. The van der Waals surface area contributed by atoms with Crippen LogP contribution in [0.5, 0.6) is 0 Å². The molecule has 0 spiro atoms. The molecule has 0 saturated heterocycles. The number of allylic oxidation sites excluding steroid dienone is 3. The predicted octanol–water partition coefficient (Wildman–Crippen LogP) is 2.40. The van der Waals surface area contributed by atoms with Crippen molar-refractivity contribution in [3.8, 4) is 0 Å². The molecule has 2 rings (SSSR count). The van der Waals surface area contributed by atoms with Crippen LogP contribution < -0.4 is 0 Å². The monoisotopic (exact) mass is 264 g/mol. The number of hydrogen-bond acceptors (Lipinski definition) is 4. The quantitative estimate of drug-likeness (QED) is 0.444. The van der Waals surface area contributed by atoms with Crippen molar-refractivity contribution in [3.63, 3.8) is 0 Å². The third-order valence-electron chi connectivity index (χ3n) is 3.96. The second-order valence-electron chi connectivity index (χ2n) is 5.10. The van der Waals surface area contributed by atoms with E-state index in [-0.39, 0.29) is 19.1 Å². The molecule has 0 bridgehead atoms. The van der Waals surface area contributed by atoms with Crippen molar-refractivity contribution in [2.75, 3.05) is 13.2 Å². The van der Waals surface area contributed by atoms with Crippen LogP contribution in [0.15, 0.2) is 23.8 Å². The van der Waals surface area contributed by atoms with Crippen LogP contribution in [0.3, 0.4) is 0 Å². The van der Waals surface area contributed by atoms with Crippen molar-refractivity contribution in [1.82, 2.24) is 0 Å². The first-order chi connectivity index (χ1) is 9.05. The molecule has 2 aliphatic carbocycles. The van der Waals surface area contributed by atoms with Crippen LogP contribution >= 0.6 is 0 Å². The molecule has 1 saturated carbocycles. The SMILES string of the molecule is C=C1CC=C2CC(C(=O)OCC)(C(=O)OCC)CC12. The maximum absolute atomic E-state index is 12.2. The van der Waals surface area contributed by atoms with Crippen LogP contribution in [0.25, 0.3) is 0 Å². The fourth-order valence-corrected chi connectivity index (χ4v) is 2.98. The lowest BCUT2D eigenvalue weighted by molar-refractivity contribution is -0.171. The van der Waals surface area contributed by atoms with Crippen LogP contribution in [-0.4, -0.2) is 25.2 Å². The fraction of sp³-hybridized carbons (Fsp3) is 0.600.